The van der Waals surface area contributed by atoms with Crippen LogP contribution in [0.15, 0.2) is 0 Å². The Hall–Kier alpha value is -0.233. The molecule has 3 unspecified atom stereocenters. The first-order chi connectivity index (χ1) is 10.6. The summed E-state index contributed by atoms with van der Waals surface area (Å²) in [5, 5.41) is 0.198. The lowest BCUT2D eigenvalue weighted by atomic mass is 9.72. The van der Waals surface area contributed by atoms with Crippen LogP contribution in [-0.4, -0.2) is 40.7 Å². The average Bonchev–Trinajstić information content (AvgIpc) is 2.82. The van der Waals surface area contributed by atoms with Gasteiger partial charge in [0.2, 0.25) is 0 Å². The van der Waals surface area contributed by atoms with E-state index in [4.69, 9.17) is 13.9 Å². The molecular weight excluding hydrogens is 308 g/mol. The molecule has 2 aliphatic rings. The zero-order valence-corrected chi connectivity index (χ0v) is 16.9. The lowest BCUT2D eigenvalue weighted by Crippen LogP contribution is -2.47. The standard InChI is InChI=1S/C18H34O4Si/c1-17(2,3)23(6,7)22-12-13-10-14(19)11-16-15(13)8-9-18(16,20-4)21-5/h13,15-16H,8-12H2,1-7H3. The summed E-state index contributed by atoms with van der Waals surface area (Å²) in [5.74, 6) is 0.706. The molecule has 0 heterocycles. The van der Waals surface area contributed by atoms with Crippen LogP contribution < -0.4 is 0 Å². The van der Waals surface area contributed by atoms with Gasteiger partial charge in [0.05, 0.1) is 0 Å². The van der Waals surface area contributed by atoms with Gasteiger partial charge in [0, 0.05) is 46.0 Å². The quantitative estimate of drug-likeness (QED) is 0.559. The maximum atomic E-state index is 12.3. The Kier molecular flexibility index (Phi) is 5.46. The number of hydrogen-bond donors (Lipinski definition) is 0. The van der Waals surface area contributed by atoms with Gasteiger partial charge in [0.25, 0.3) is 0 Å². The zero-order chi connectivity index (χ0) is 17.5. The van der Waals surface area contributed by atoms with Gasteiger partial charge in [0.1, 0.15) is 5.78 Å². The Morgan fingerprint density at radius 1 is 1.17 bits per heavy atom. The molecule has 0 aromatic carbocycles. The van der Waals surface area contributed by atoms with E-state index >= 15 is 0 Å². The molecule has 2 aliphatic carbocycles. The third-order valence-corrected chi connectivity index (χ3v) is 11.1. The predicted molar refractivity (Wildman–Crippen MR) is 93.8 cm³/mol. The lowest BCUT2D eigenvalue weighted by Gasteiger charge is -2.42. The molecule has 0 radical (unpaired) electrons. The van der Waals surface area contributed by atoms with Crippen LogP contribution in [0.3, 0.4) is 0 Å². The molecule has 0 saturated heterocycles. The van der Waals surface area contributed by atoms with Gasteiger partial charge in [-0.15, -0.1) is 0 Å². The van der Waals surface area contributed by atoms with E-state index < -0.39 is 14.1 Å². The first-order valence-electron chi connectivity index (χ1n) is 8.82. The number of carbonyl (C=O) groups is 1. The molecule has 0 aromatic rings. The van der Waals surface area contributed by atoms with Crippen LogP contribution in [0.5, 0.6) is 0 Å². The van der Waals surface area contributed by atoms with Crippen molar-refractivity contribution in [3.63, 3.8) is 0 Å². The maximum Gasteiger partial charge on any atom is 0.191 e. The summed E-state index contributed by atoms with van der Waals surface area (Å²) >= 11 is 0. The molecule has 2 fully saturated rings. The minimum absolute atomic E-state index is 0.173. The topological polar surface area (TPSA) is 44.8 Å². The number of methoxy groups -OCH3 is 2. The Labute approximate surface area is 142 Å². The molecule has 23 heavy (non-hydrogen) atoms. The first-order valence-corrected chi connectivity index (χ1v) is 11.7. The van der Waals surface area contributed by atoms with Gasteiger partial charge in [-0.05, 0) is 36.4 Å². The molecule has 134 valence electrons. The second-order valence-corrected chi connectivity index (χ2v) is 13.6. The number of Topliss-reactive ketones (excluding diaryl/α,β-unsaturated/α-hetero) is 1. The summed E-state index contributed by atoms with van der Waals surface area (Å²) < 4.78 is 17.8. The van der Waals surface area contributed by atoms with Crippen molar-refractivity contribution in [2.45, 2.75) is 70.4 Å². The highest BCUT2D eigenvalue weighted by Crippen LogP contribution is 2.52. The molecule has 0 spiro atoms. The molecule has 2 rings (SSSR count). The van der Waals surface area contributed by atoms with E-state index in [0.29, 0.717) is 37.1 Å². The van der Waals surface area contributed by atoms with E-state index in [-0.39, 0.29) is 11.0 Å². The summed E-state index contributed by atoms with van der Waals surface area (Å²) in [6.45, 7) is 12.0. The highest BCUT2D eigenvalue weighted by atomic mass is 28.4. The largest absolute Gasteiger partial charge is 0.417 e. The number of fused-ring (bicyclic) bond motifs is 1. The van der Waals surface area contributed by atoms with Crippen LogP contribution >= 0.6 is 0 Å². The molecule has 0 N–H and O–H groups in total. The van der Waals surface area contributed by atoms with Crippen LogP contribution in [0.1, 0.15) is 46.5 Å². The Balaban J connectivity index is 2.10. The molecular formula is C18H34O4Si. The molecule has 0 bridgehead atoms. The van der Waals surface area contributed by atoms with Crippen molar-refractivity contribution in [2.75, 3.05) is 20.8 Å². The van der Waals surface area contributed by atoms with E-state index in [2.05, 4.69) is 33.9 Å². The van der Waals surface area contributed by atoms with Crippen LogP contribution in [0.25, 0.3) is 0 Å². The smallest absolute Gasteiger partial charge is 0.191 e. The van der Waals surface area contributed by atoms with E-state index in [1.807, 2.05) is 0 Å². The van der Waals surface area contributed by atoms with Crippen molar-refractivity contribution < 1.29 is 18.7 Å². The minimum Gasteiger partial charge on any atom is -0.417 e. The van der Waals surface area contributed by atoms with E-state index in [0.717, 1.165) is 12.8 Å². The highest BCUT2D eigenvalue weighted by molar-refractivity contribution is 6.74. The molecule has 0 aromatic heterocycles. The maximum absolute atomic E-state index is 12.3. The fourth-order valence-electron chi connectivity index (χ4n) is 4.03. The Morgan fingerprint density at radius 3 is 2.30 bits per heavy atom. The summed E-state index contributed by atoms with van der Waals surface area (Å²) in [6, 6.07) is 0. The summed E-state index contributed by atoms with van der Waals surface area (Å²) in [4.78, 5) is 12.3. The number of hydrogen-bond acceptors (Lipinski definition) is 4. The molecule has 2 saturated carbocycles. The van der Waals surface area contributed by atoms with Crippen molar-refractivity contribution in [3.8, 4) is 0 Å². The molecule has 4 nitrogen and oxygen atoms in total. The van der Waals surface area contributed by atoms with Gasteiger partial charge in [-0.25, -0.2) is 0 Å². The van der Waals surface area contributed by atoms with Gasteiger partial charge < -0.3 is 13.9 Å². The van der Waals surface area contributed by atoms with Gasteiger partial charge in [-0.2, -0.15) is 0 Å². The summed E-state index contributed by atoms with van der Waals surface area (Å²) in [6.07, 6.45) is 3.17. The monoisotopic (exact) mass is 342 g/mol. The number of carbonyl (C=O) groups excluding carboxylic acids is 1. The van der Waals surface area contributed by atoms with Crippen molar-refractivity contribution >= 4 is 14.1 Å². The van der Waals surface area contributed by atoms with Gasteiger partial charge in [0.15, 0.2) is 14.1 Å². The van der Waals surface area contributed by atoms with Crippen LogP contribution in [-0.2, 0) is 18.7 Å². The molecule has 3 atom stereocenters. The van der Waals surface area contributed by atoms with Crippen molar-refractivity contribution in [2.24, 2.45) is 17.8 Å². The fourth-order valence-corrected chi connectivity index (χ4v) is 5.09. The predicted octanol–water partition coefficient (Wildman–Crippen LogP) is 4.00. The van der Waals surface area contributed by atoms with E-state index in [1.165, 1.54) is 0 Å². The summed E-state index contributed by atoms with van der Waals surface area (Å²) in [7, 11) is 1.62. The van der Waals surface area contributed by atoms with Crippen LogP contribution in [0.4, 0.5) is 0 Å². The number of ether oxygens (including phenoxy) is 2. The average molecular weight is 343 g/mol. The summed E-state index contributed by atoms with van der Waals surface area (Å²) in [5.41, 5.74) is 0. The first kappa shape index (κ1) is 19.1. The number of ketones is 1. The van der Waals surface area contributed by atoms with Gasteiger partial charge >= 0.3 is 0 Å². The zero-order valence-electron chi connectivity index (χ0n) is 15.9. The Morgan fingerprint density at radius 2 is 1.78 bits per heavy atom. The molecule has 0 amide bonds. The van der Waals surface area contributed by atoms with Crippen molar-refractivity contribution in [3.05, 3.63) is 0 Å². The lowest BCUT2D eigenvalue weighted by molar-refractivity contribution is -0.236. The van der Waals surface area contributed by atoms with E-state index in [9.17, 15) is 4.79 Å². The number of rotatable bonds is 5. The van der Waals surface area contributed by atoms with Crippen LogP contribution in [0, 0.1) is 17.8 Å². The fraction of sp³-hybridized carbons (Fsp3) is 0.944. The molecule has 0 aliphatic heterocycles. The highest BCUT2D eigenvalue weighted by Gasteiger charge is 2.55. The van der Waals surface area contributed by atoms with E-state index in [1.54, 1.807) is 14.2 Å². The van der Waals surface area contributed by atoms with Crippen molar-refractivity contribution in [1.82, 2.24) is 0 Å². The van der Waals surface area contributed by atoms with Crippen molar-refractivity contribution in [1.29, 1.82) is 0 Å². The normalized spacial score (nSPS) is 31.3. The van der Waals surface area contributed by atoms with Gasteiger partial charge in [-0.1, -0.05) is 20.8 Å². The second kappa shape index (κ2) is 6.58. The molecule has 5 heteroatoms. The minimum atomic E-state index is -1.78. The third-order valence-electron chi connectivity index (χ3n) is 6.61. The van der Waals surface area contributed by atoms with Crippen LogP contribution in [0.2, 0.25) is 18.1 Å². The second-order valence-electron chi connectivity index (χ2n) is 8.81. The SMILES string of the molecule is COC1(OC)CCC2C(CO[Si](C)(C)C(C)(C)C)CC(=O)CC21. The third kappa shape index (κ3) is 3.58. The Bertz CT molecular complexity index is 437. The van der Waals surface area contributed by atoms with Gasteiger partial charge in [-0.3, -0.25) is 4.79 Å².